The minimum absolute atomic E-state index is 0.0738. The van der Waals surface area contributed by atoms with Crippen molar-refractivity contribution in [2.24, 2.45) is 0 Å². The fourth-order valence-electron chi connectivity index (χ4n) is 2.62. The number of carbonyl (C=O) groups is 1. The first-order valence-electron chi connectivity index (χ1n) is 7.27. The van der Waals surface area contributed by atoms with E-state index < -0.39 is 0 Å². The van der Waals surface area contributed by atoms with Crippen LogP contribution in [0.25, 0.3) is 10.7 Å². The minimum Gasteiger partial charge on any atom is -0.328 e. The number of carbonyl (C=O) groups excluding carboxylic acids is 1. The number of pyridine rings is 1. The molecule has 116 valence electrons. The van der Waals surface area contributed by atoms with Gasteiger partial charge in [-0.05, 0) is 19.1 Å². The summed E-state index contributed by atoms with van der Waals surface area (Å²) >= 11 is 1.43. The van der Waals surface area contributed by atoms with Crippen molar-refractivity contribution in [1.29, 1.82) is 0 Å². The molecule has 3 aromatic heterocycles. The predicted octanol–water partition coefficient (Wildman–Crippen LogP) is 1.76. The quantitative estimate of drug-likeness (QED) is 0.717. The second kappa shape index (κ2) is 5.54. The maximum Gasteiger partial charge on any atom is 0.273 e. The third-order valence-corrected chi connectivity index (χ3v) is 4.70. The summed E-state index contributed by atoms with van der Waals surface area (Å²) in [6.07, 6.45) is 1.72. The molecule has 0 saturated carbocycles. The molecule has 8 heteroatoms. The number of hydrogen-bond acceptors (Lipinski definition) is 6. The van der Waals surface area contributed by atoms with Crippen molar-refractivity contribution in [1.82, 2.24) is 29.6 Å². The SMILES string of the molecule is Cc1nnc2n1CCN(C(=O)c1csc(-c3ccccn3)n1)C2. The summed E-state index contributed by atoms with van der Waals surface area (Å²) in [7, 11) is 0. The second-order valence-electron chi connectivity index (χ2n) is 5.29. The third kappa shape index (κ3) is 2.50. The van der Waals surface area contributed by atoms with Crippen LogP contribution in [0.1, 0.15) is 22.1 Å². The van der Waals surface area contributed by atoms with E-state index in [4.69, 9.17) is 0 Å². The molecule has 1 aliphatic rings. The summed E-state index contributed by atoms with van der Waals surface area (Å²) in [4.78, 5) is 23.1. The largest absolute Gasteiger partial charge is 0.328 e. The van der Waals surface area contributed by atoms with E-state index >= 15 is 0 Å². The van der Waals surface area contributed by atoms with Gasteiger partial charge in [-0.2, -0.15) is 0 Å². The van der Waals surface area contributed by atoms with Gasteiger partial charge >= 0.3 is 0 Å². The molecule has 0 unspecified atom stereocenters. The maximum atomic E-state index is 12.7. The highest BCUT2D eigenvalue weighted by Gasteiger charge is 2.25. The Morgan fingerprint density at radius 3 is 3.00 bits per heavy atom. The fourth-order valence-corrected chi connectivity index (χ4v) is 3.39. The highest BCUT2D eigenvalue weighted by atomic mass is 32.1. The van der Waals surface area contributed by atoms with Crippen LogP contribution in [0.2, 0.25) is 0 Å². The van der Waals surface area contributed by atoms with E-state index in [-0.39, 0.29) is 5.91 Å². The molecule has 3 aromatic rings. The molecule has 0 spiro atoms. The Bertz CT molecular complexity index is 856. The first kappa shape index (κ1) is 14.0. The van der Waals surface area contributed by atoms with E-state index in [1.807, 2.05) is 29.7 Å². The van der Waals surface area contributed by atoms with Gasteiger partial charge in [0.15, 0.2) is 5.82 Å². The number of fused-ring (bicyclic) bond motifs is 1. The van der Waals surface area contributed by atoms with Gasteiger partial charge in [-0.15, -0.1) is 21.5 Å². The van der Waals surface area contributed by atoms with E-state index in [2.05, 4.69) is 20.2 Å². The summed E-state index contributed by atoms with van der Waals surface area (Å²) in [5, 5.41) is 10.7. The lowest BCUT2D eigenvalue weighted by molar-refractivity contribution is 0.0701. The average molecular weight is 326 g/mol. The monoisotopic (exact) mass is 326 g/mol. The van der Waals surface area contributed by atoms with Crippen molar-refractivity contribution in [3.63, 3.8) is 0 Å². The van der Waals surface area contributed by atoms with Crippen LogP contribution >= 0.6 is 11.3 Å². The highest BCUT2D eigenvalue weighted by Crippen LogP contribution is 2.23. The van der Waals surface area contributed by atoms with Gasteiger partial charge in [-0.3, -0.25) is 9.78 Å². The number of aryl methyl sites for hydroxylation is 1. The first-order chi connectivity index (χ1) is 11.2. The number of aromatic nitrogens is 5. The number of amides is 1. The highest BCUT2D eigenvalue weighted by molar-refractivity contribution is 7.13. The molecule has 0 atom stereocenters. The van der Waals surface area contributed by atoms with Crippen molar-refractivity contribution in [3.8, 4) is 10.7 Å². The van der Waals surface area contributed by atoms with Crippen molar-refractivity contribution in [2.45, 2.75) is 20.0 Å². The lowest BCUT2D eigenvalue weighted by atomic mass is 10.3. The minimum atomic E-state index is -0.0738. The van der Waals surface area contributed by atoms with Crippen molar-refractivity contribution < 1.29 is 4.79 Å². The first-order valence-corrected chi connectivity index (χ1v) is 8.15. The van der Waals surface area contributed by atoms with Gasteiger partial charge in [0.1, 0.15) is 16.5 Å². The molecule has 1 amide bonds. The molecular formula is C15H14N6OS. The van der Waals surface area contributed by atoms with Crippen LogP contribution in [0.15, 0.2) is 29.8 Å². The topological polar surface area (TPSA) is 76.8 Å². The Balaban J connectivity index is 1.55. The van der Waals surface area contributed by atoms with Crippen LogP contribution in [0.4, 0.5) is 0 Å². The van der Waals surface area contributed by atoms with E-state index in [1.54, 1.807) is 16.5 Å². The van der Waals surface area contributed by atoms with Crippen LogP contribution in [0.5, 0.6) is 0 Å². The fraction of sp³-hybridized carbons (Fsp3) is 0.267. The summed E-state index contributed by atoms with van der Waals surface area (Å²) in [5.74, 6) is 1.64. The Morgan fingerprint density at radius 1 is 1.26 bits per heavy atom. The van der Waals surface area contributed by atoms with Crippen molar-refractivity contribution in [2.75, 3.05) is 6.54 Å². The molecule has 7 nitrogen and oxygen atoms in total. The standard InChI is InChI=1S/C15H14N6OS/c1-10-18-19-13-8-20(6-7-21(10)13)15(22)12-9-23-14(17-12)11-4-2-3-5-16-11/h2-5,9H,6-8H2,1H3. The molecule has 0 aromatic carbocycles. The molecule has 23 heavy (non-hydrogen) atoms. The van der Waals surface area contributed by atoms with Gasteiger partial charge < -0.3 is 9.47 Å². The Morgan fingerprint density at radius 2 is 2.17 bits per heavy atom. The average Bonchev–Trinajstić information content (AvgIpc) is 3.22. The van der Waals surface area contributed by atoms with Gasteiger partial charge in [0.05, 0.1) is 12.2 Å². The molecule has 0 fully saturated rings. The molecule has 0 aliphatic carbocycles. The van der Waals surface area contributed by atoms with Crippen LogP contribution < -0.4 is 0 Å². The zero-order valence-electron chi connectivity index (χ0n) is 12.5. The lowest BCUT2D eigenvalue weighted by Gasteiger charge is -2.26. The molecule has 4 rings (SSSR count). The molecule has 0 bridgehead atoms. The lowest BCUT2D eigenvalue weighted by Crippen LogP contribution is -2.38. The maximum absolute atomic E-state index is 12.7. The number of nitrogens with zero attached hydrogens (tertiary/aromatic N) is 6. The molecule has 0 saturated heterocycles. The van der Waals surface area contributed by atoms with E-state index in [0.717, 1.165) is 28.9 Å². The van der Waals surface area contributed by atoms with Gasteiger partial charge in [-0.25, -0.2) is 4.98 Å². The number of hydrogen-bond donors (Lipinski definition) is 0. The third-order valence-electron chi connectivity index (χ3n) is 3.83. The van der Waals surface area contributed by atoms with E-state index in [9.17, 15) is 4.79 Å². The van der Waals surface area contributed by atoms with E-state index in [1.165, 1.54) is 11.3 Å². The van der Waals surface area contributed by atoms with Gasteiger partial charge in [0.2, 0.25) is 0 Å². The number of rotatable bonds is 2. The smallest absolute Gasteiger partial charge is 0.273 e. The Kier molecular flexibility index (Phi) is 3.38. The van der Waals surface area contributed by atoms with Crippen molar-refractivity contribution in [3.05, 3.63) is 47.1 Å². The molecule has 0 radical (unpaired) electrons. The molecule has 0 N–H and O–H groups in total. The van der Waals surface area contributed by atoms with Crippen molar-refractivity contribution >= 4 is 17.2 Å². The van der Waals surface area contributed by atoms with E-state index in [0.29, 0.717) is 18.8 Å². The van der Waals surface area contributed by atoms with Crippen LogP contribution in [0, 0.1) is 6.92 Å². The van der Waals surface area contributed by atoms with Gasteiger partial charge in [0.25, 0.3) is 5.91 Å². The van der Waals surface area contributed by atoms with Crippen LogP contribution in [-0.4, -0.2) is 42.1 Å². The summed E-state index contributed by atoms with van der Waals surface area (Å²) < 4.78 is 2.05. The van der Waals surface area contributed by atoms with Crippen LogP contribution in [0.3, 0.4) is 0 Å². The Hall–Kier alpha value is -2.61. The predicted molar refractivity (Wildman–Crippen MR) is 84.8 cm³/mol. The van der Waals surface area contributed by atoms with Gasteiger partial charge in [-0.1, -0.05) is 6.07 Å². The number of thiazole rings is 1. The summed E-state index contributed by atoms with van der Waals surface area (Å²) in [5.41, 5.74) is 1.24. The summed E-state index contributed by atoms with van der Waals surface area (Å²) in [6.45, 7) is 3.75. The van der Waals surface area contributed by atoms with Gasteiger partial charge in [0, 0.05) is 24.7 Å². The zero-order valence-corrected chi connectivity index (χ0v) is 13.3. The normalized spacial score (nSPS) is 13.9. The van der Waals surface area contributed by atoms with Crippen LogP contribution in [-0.2, 0) is 13.1 Å². The molecule has 4 heterocycles. The molecular weight excluding hydrogens is 312 g/mol. The molecule has 1 aliphatic heterocycles. The second-order valence-corrected chi connectivity index (χ2v) is 6.15. The Labute approximate surface area is 136 Å². The summed E-state index contributed by atoms with van der Waals surface area (Å²) in [6, 6.07) is 5.65. The zero-order chi connectivity index (χ0) is 15.8.